The number of aromatic nitrogens is 2. The van der Waals surface area contributed by atoms with Crippen molar-refractivity contribution in [1.29, 1.82) is 0 Å². The second-order valence-electron chi connectivity index (χ2n) is 5.12. The number of rotatable bonds is 6. The molecule has 5 nitrogen and oxygen atoms in total. The van der Waals surface area contributed by atoms with Crippen molar-refractivity contribution in [2.75, 3.05) is 11.9 Å². The summed E-state index contributed by atoms with van der Waals surface area (Å²) in [7, 11) is 0. The molecular weight excluding hydrogens is 276 g/mol. The molecule has 0 saturated heterocycles. The van der Waals surface area contributed by atoms with Gasteiger partial charge in [-0.2, -0.15) is 0 Å². The molecule has 2 N–H and O–H groups in total. The van der Waals surface area contributed by atoms with E-state index in [-0.39, 0.29) is 5.91 Å². The van der Waals surface area contributed by atoms with Crippen molar-refractivity contribution in [2.45, 2.75) is 33.6 Å². The van der Waals surface area contributed by atoms with E-state index in [9.17, 15) is 4.79 Å². The molecule has 1 amide bonds. The molecule has 0 bridgehead atoms. The number of nitrogens with one attached hydrogen (secondary N) is 2. The third-order valence-corrected chi connectivity index (χ3v) is 3.24. The van der Waals surface area contributed by atoms with E-state index in [1.165, 1.54) is 5.56 Å². The number of carbonyl (C=O) groups is 1. The average molecular weight is 298 g/mol. The van der Waals surface area contributed by atoms with Gasteiger partial charge < -0.3 is 10.6 Å². The highest BCUT2D eigenvalue weighted by molar-refractivity contribution is 5.93. The fourth-order valence-electron chi connectivity index (χ4n) is 2.05. The summed E-state index contributed by atoms with van der Waals surface area (Å²) < 4.78 is 0. The third-order valence-electron chi connectivity index (χ3n) is 3.24. The number of nitrogens with zero attached hydrogens (tertiary/aromatic N) is 2. The van der Waals surface area contributed by atoms with Crippen LogP contribution in [0.25, 0.3) is 0 Å². The van der Waals surface area contributed by atoms with Crippen molar-refractivity contribution in [3.05, 3.63) is 47.4 Å². The third kappa shape index (κ3) is 4.28. The molecule has 1 aromatic carbocycles. The predicted octanol–water partition coefficient (Wildman–Crippen LogP) is 3.23. The van der Waals surface area contributed by atoms with Gasteiger partial charge in [0.2, 0.25) is 0 Å². The van der Waals surface area contributed by atoms with Crippen LogP contribution in [-0.2, 0) is 6.42 Å². The van der Waals surface area contributed by atoms with Crippen molar-refractivity contribution >= 4 is 17.4 Å². The summed E-state index contributed by atoms with van der Waals surface area (Å²) in [6.45, 7) is 6.56. The maximum absolute atomic E-state index is 12.0. The Morgan fingerprint density at radius 1 is 1.14 bits per heavy atom. The zero-order valence-corrected chi connectivity index (χ0v) is 13.3. The summed E-state index contributed by atoms with van der Waals surface area (Å²) in [4.78, 5) is 20.5. The summed E-state index contributed by atoms with van der Waals surface area (Å²) >= 11 is 0. The molecule has 0 saturated carbocycles. The Bertz CT molecular complexity index is 638. The molecule has 2 aromatic rings. The minimum absolute atomic E-state index is 0.170. The zero-order valence-electron chi connectivity index (χ0n) is 13.3. The van der Waals surface area contributed by atoms with Gasteiger partial charge >= 0.3 is 0 Å². The molecule has 5 heteroatoms. The first-order valence-electron chi connectivity index (χ1n) is 7.62. The molecule has 2 rings (SSSR count). The highest BCUT2D eigenvalue weighted by Crippen LogP contribution is 2.16. The summed E-state index contributed by atoms with van der Waals surface area (Å²) in [5.74, 6) is 1.02. The van der Waals surface area contributed by atoms with Gasteiger partial charge in [0.1, 0.15) is 17.3 Å². The molecule has 0 unspecified atom stereocenters. The van der Waals surface area contributed by atoms with Crippen molar-refractivity contribution < 1.29 is 4.79 Å². The fraction of sp³-hybridized carbons (Fsp3) is 0.353. The molecular formula is C17H22N4O. The number of hydrogen-bond acceptors (Lipinski definition) is 4. The largest absolute Gasteiger partial charge is 0.351 e. The smallest absolute Gasteiger partial charge is 0.270 e. The van der Waals surface area contributed by atoms with E-state index in [4.69, 9.17) is 0 Å². The summed E-state index contributed by atoms with van der Waals surface area (Å²) in [6.07, 6.45) is 1.90. The number of carbonyl (C=O) groups excluding carboxylic acids is 1. The zero-order chi connectivity index (χ0) is 15.9. The van der Waals surface area contributed by atoms with E-state index in [0.717, 1.165) is 18.5 Å². The molecule has 1 heterocycles. The van der Waals surface area contributed by atoms with Crippen LogP contribution in [0.1, 0.15) is 42.1 Å². The lowest BCUT2D eigenvalue weighted by molar-refractivity contribution is 0.0948. The molecule has 0 aliphatic heterocycles. The molecule has 0 atom stereocenters. The molecule has 0 spiro atoms. The first-order chi connectivity index (χ1) is 10.6. The van der Waals surface area contributed by atoms with Crippen LogP contribution in [0.2, 0.25) is 0 Å². The van der Waals surface area contributed by atoms with Crippen molar-refractivity contribution in [3.8, 4) is 0 Å². The topological polar surface area (TPSA) is 66.9 Å². The van der Waals surface area contributed by atoms with E-state index in [1.807, 2.05) is 19.1 Å². The van der Waals surface area contributed by atoms with Gasteiger partial charge in [-0.25, -0.2) is 9.97 Å². The molecule has 0 aliphatic carbocycles. The number of amides is 1. The molecule has 116 valence electrons. The minimum Gasteiger partial charge on any atom is -0.351 e. The van der Waals surface area contributed by atoms with Gasteiger partial charge in [-0.05, 0) is 37.5 Å². The van der Waals surface area contributed by atoms with E-state index < -0.39 is 0 Å². The van der Waals surface area contributed by atoms with Crippen molar-refractivity contribution in [3.63, 3.8) is 0 Å². The lowest BCUT2D eigenvalue weighted by atomic mass is 10.1. The van der Waals surface area contributed by atoms with E-state index in [2.05, 4.69) is 39.7 Å². The monoisotopic (exact) mass is 298 g/mol. The maximum Gasteiger partial charge on any atom is 0.270 e. The Morgan fingerprint density at radius 2 is 1.86 bits per heavy atom. The summed E-state index contributed by atoms with van der Waals surface area (Å²) in [5, 5.41) is 6.04. The quantitative estimate of drug-likeness (QED) is 0.859. The normalized spacial score (nSPS) is 10.3. The Morgan fingerprint density at radius 3 is 2.50 bits per heavy atom. The van der Waals surface area contributed by atoms with Crippen LogP contribution in [0.3, 0.4) is 0 Å². The van der Waals surface area contributed by atoms with Crippen LogP contribution in [0.15, 0.2) is 30.3 Å². The maximum atomic E-state index is 12.0. The van der Waals surface area contributed by atoms with Crippen LogP contribution in [0.5, 0.6) is 0 Å². The Balaban J connectivity index is 2.16. The lowest BCUT2D eigenvalue weighted by Crippen LogP contribution is -2.25. The molecule has 22 heavy (non-hydrogen) atoms. The number of anilines is 2. The average Bonchev–Trinajstić information content (AvgIpc) is 2.52. The van der Waals surface area contributed by atoms with E-state index in [0.29, 0.717) is 23.9 Å². The Hall–Kier alpha value is -2.43. The number of hydrogen-bond donors (Lipinski definition) is 2. The van der Waals surface area contributed by atoms with Gasteiger partial charge in [0, 0.05) is 18.3 Å². The van der Waals surface area contributed by atoms with E-state index in [1.54, 1.807) is 13.0 Å². The molecule has 0 radical (unpaired) electrons. The van der Waals surface area contributed by atoms with Crippen molar-refractivity contribution in [2.24, 2.45) is 0 Å². The van der Waals surface area contributed by atoms with Crippen LogP contribution in [0.4, 0.5) is 11.5 Å². The Kier molecular flexibility index (Phi) is 5.47. The van der Waals surface area contributed by atoms with Crippen LogP contribution >= 0.6 is 0 Å². The first kappa shape index (κ1) is 15.9. The standard InChI is InChI=1S/C17H22N4O/c1-4-10-18-17(22)15-11-16(20-12(3)19-15)21-14-8-6-13(5-2)7-9-14/h6-9,11H,4-5,10H2,1-3H3,(H,18,22)(H,19,20,21). The molecule has 0 aliphatic rings. The van der Waals surface area contributed by atoms with Crippen LogP contribution < -0.4 is 10.6 Å². The van der Waals surface area contributed by atoms with Crippen molar-refractivity contribution in [1.82, 2.24) is 15.3 Å². The molecule has 0 fully saturated rings. The van der Waals surface area contributed by atoms with Gasteiger partial charge in [0.05, 0.1) is 0 Å². The van der Waals surface area contributed by atoms with E-state index >= 15 is 0 Å². The lowest BCUT2D eigenvalue weighted by Gasteiger charge is -2.09. The highest BCUT2D eigenvalue weighted by atomic mass is 16.1. The number of benzene rings is 1. The van der Waals surface area contributed by atoms with Gasteiger partial charge in [-0.3, -0.25) is 4.79 Å². The second kappa shape index (κ2) is 7.54. The predicted molar refractivity (Wildman–Crippen MR) is 88.5 cm³/mol. The minimum atomic E-state index is -0.170. The first-order valence-corrected chi connectivity index (χ1v) is 7.62. The van der Waals surface area contributed by atoms with Gasteiger partial charge in [0.15, 0.2) is 0 Å². The van der Waals surface area contributed by atoms with Gasteiger partial charge in [0.25, 0.3) is 5.91 Å². The SMILES string of the molecule is CCCNC(=O)c1cc(Nc2ccc(CC)cc2)nc(C)n1. The van der Waals surface area contributed by atoms with Gasteiger partial charge in [-0.1, -0.05) is 26.0 Å². The fourth-order valence-corrected chi connectivity index (χ4v) is 2.05. The highest BCUT2D eigenvalue weighted by Gasteiger charge is 2.10. The van der Waals surface area contributed by atoms with Gasteiger partial charge in [-0.15, -0.1) is 0 Å². The number of aryl methyl sites for hydroxylation is 2. The van der Waals surface area contributed by atoms with Crippen LogP contribution in [-0.4, -0.2) is 22.4 Å². The van der Waals surface area contributed by atoms with Crippen LogP contribution in [0, 0.1) is 6.92 Å². The second-order valence-corrected chi connectivity index (χ2v) is 5.12. The summed E-state index contributed by atoms with van der Waals surface area (Å²) in [5.41, 5.74) is 2.60. The summed E-state index contributed by atoms with van der Waals surface area (Å²) in [6, 6.07) is 9.84. The Labute approximate surface area is 131 Å². The molecule has 1 aromatic heterocycles.